The van der Waals surface area contributed by atoms with Gasteiger partial charge in [0.25, 0.3) is 0 Å². The van der Waals surface area contributed by atoms with Crippen LogP contribution in [-0.4, -0.2) is 0 Å². The second kappa shape index (κ2) is 3.57. The Hall–Kier alpha value is 0.140. The lowest BCUT2D eigenvalue weighted by atomic mass is 10.1. The number of halogens is 3. The molecule has 1 atom stereocenters. The van der Waals surface area contributed by atoms with Gasteiger partial charge in [-0.15, -0.1) is 0 Å². The first-order valence-electron chi connectivity index (χ1n) is 4.72. The van der Waals surface area contributed by atoms with E-state index in [0.717, 1.165) is 15.4 Å². The van der Waals surface area contributed by atoms with Crippen molar-refractivity contribution in [3.05, 3.63) is 44.3 Å². The molecule has 0 aromatic heterocycles. The highest BCUT2D eigenvalue weighted by atomic mass is 79.9. The van der Waals surface area contributed by atoms with Crippen LogP contribution in [0.5, 0.6) is 0 Å². The van der Waals surface area contributed by atoms with E-state index < -0.39 is 0 Å². The number of hydrogen-bond acceptors (Lipinski definition) is 0. The molecule has 1 unspecified atom stereocenters. The molecule has 0 saturated heterocycles. The second-order valence-electron chi connectivity index (χ2n) is 3.76. The normalized spacial score (nSPS) is 18.7. The Kier molecular flexibility index (Phi) is 2.45. The summed E-state index contributed by atoms with van der Waals surface area (Å²) in [7, 11) is 0. The minimum absolute atomic E-state index is 0.470. The largest absolute Gasteiger partial charge is 0.0835 e. The molecule has 0 saturated carbocycles. The SMILES string of the molecule is Brc1ccc2c3c(ccc(Br)c13)C(Br)C2. The van der Waals surface area contributed by atoms with Gasteiger partial charge in [-0.3, -0.25) is 0 Å². The molecule has 2 aromatic rings. The Bertz CT molecular complexity index is 552. The molecule has 0 fully saturated rings. The van der Waals surface area contributed by atoms with E-state index in [1.165, 1.54) is 21.9 Å². The molecule has 0 aliphatic heterocycles. The van der Waals surface area contributed by atoms with Crippen LogP contribution in [-0.2, 0) is 6.42 Å². The van der Waals surface area contributed by atoms with Gasteiger partial charge in [0.15, 0.2) is 0 Å². The Morgan fingerprint density at radius 2 is 1.60 bits per heavy atom. The smallest absolute Gasteiger partial charge is 0.0442 e. The van der Waals surface area contributed by atoms with Gasteiger partial charge >= 0.3 is 0 Å². The first-order chi connectivity index (χ1) is 7.18. The maximum Gasteiger partial charge on any atom is 0.0442 e. The van der Waals surface area contributed by atoms with Gasteiger partial charge in [0.2, 0.25) is 0 Å². The highest BCUT2D eigenvalue weighted by molar-refractivity contribution is 9.11. The van der Waals surface area contributed by atoms with Crippen molar-refractivity contribution < 1.29 is 0 Å². The van der Waals surface area contributed by atoms with Gasteiger partial charge in [0, 0.05) is 19.2 Å². The van der Waals surface area contributed by atoms with Crippen molar-refractivity contribution >= 4 is 58.6 Å². The quantitative estimate of drug-likeness (QED) is 0.531. The summed E-state index contributed by atoms with van der Waals surface area (Å²) in [5.41, 5.74) is 2.84. The molecule has 0 amide bonds. The zero-order valence-corrected chi connectivity index (χ0v) is 12.5. The fraction of sp³-hybridized carbons (Fsp3) is 0.167. The lowest BCUT2D eigenvalue weighted by Crippen LogP contribution is -1.83. The van der Waals surface area contributed by atoms with E-state index in [2.05, 4.69) is 72.1 Å². The van der Waals surface area contributed by atoms with Crippen LogP contribution in [0.15, 0.2) is 33.2 Å². The molecule has 3 rings (SSSR count). The molecule has 0 N–H and O–H groups in total. The molecule has 76 valence electrons. The standard InChI is InChI=1S/C12H7Br3/c13-8-3-1-6-5-10(15)7-2-4-9(14)12(8)11(6)7/h1-4,10H,5H2. The minimum Gasteiger partial charge on any atom is -0.0835 e. The van der Waals surface area contributed by atoms with Crippen LogP contribution in [0.25, 0.3) is 10.8 Å². The number of hydrogen-bond donors (Lipinski definition) is 0. The van der Waals surface area contributed by atoms with Crippen LogP contribution in [0.3, 0.4) is 0 Å². The Morgan fingerprint density at radius 1 is 0.933 bits per heavy atom. The lowest BCUT2D eigenvalue weighted by Gasteiger charge is -2.06. The first kappa shape index (κ1) is 10.3. The van der Waals surface area contributed by atoms with Crippen molar-refractivity contribution in [3.8, 4) is 0 Å². The van der Waals surface area contributed by atoms with Crippen LogP contribution in [0.2, 0.25) is 0 Å². The van der Waals surface area contributed by atoms with Crippen molar-refractivity contribution in [1.82, 2.24) is 0 Å². The van der Waals surface area contributed by atoms with E-state index in [9.17, 15) is 0 Å². The van der Waals surface area contributed by atoms with Gasteiger partial charge in [-0.25, -0.2) is 0 Å². The van der Waals surface area contributed by atoms with E-state index in [-0.39, 0.29) is 0 Å². The van der Waals surface area contributed by atoms with Crippen molar-refractivity contribution in [1.29, 1.82) is 0 Å². The molecular formula is C12H7Br3. The molecule has 15 heavy (non-hydrogen) atoms. The van der Waals surface area contributed by atoms with Crippen molar-refractivity contribution in [3.63, 3.8) is 0 Å². The molecule has 0 bridgehead atoms. The van der Waals surface area contributed by atoms with E-state index in [1.54, 1.807) is 0 Å². The first-order valence-corrected chi connectivity index (χ1v) is 7.22. The molecule has 1 aliphatic carbocycles. The summed E-state index contributed by atoms with van der Waals surface area (Å²) < 4.78 is 2.33. The summed E-state index contributed by atoms with van der Waals surface area (Å²) in [6.45, 7) is 0. The predicted molar refractivity (Wildman–Crippen MR) is 74.7 cm³/mol. The summed E-state index contributed by atoms with van der Waals surface area (Å²) in [5.74, 6) is 0. The van der Waals surface area contributed by atoms with Gasteiger partial charge in [-0.2, -0.15) is 0 Å². The van der Waals surface area contributed by atoms with Gasteiger partial charge in [-0.05, 0) is 35.1 Å². The van der Waals surface area contributed by atoms with Crippen LogP contribution < -0.4 is 0 Å². The average Bonchev–Trinajstić information content (AvgIpc) is 2.52. The van der Waals surface area contributed by atoms with E-state index in [4.69, 9.17) is 0 Å². The molecule has 3 heteroatoms. The third-order valence-corrected chi connectivity index (χ3v) is 5.05. The minimum atomic E-state index is 0.470. The van der Waals surface area contributed by atoms with Crippen LogP contribution in [0.1, 0.15) is 16.0 Å². The van der Waals surface area contributed by atoms with Gasteiger partial charge in [-0.1, -0.05) is 59.9 Å². The molecule has 2 aromatic carbocycles. The monoisotopic (exact) mass is 388 g/mol. The molecule has 0 nitrogen and oxygen atoms in total. The maximum absolute atomic E-state index is 3.73. The second-order valence-corrected chi connectivity index (χ2v) is 6.58. The molecule has 0 radical (unpaired) electrons. The Morgan fingerprint density at radius 3 is 2.33 bits per heavy atom. The maximum atomic E-state index is 3.73. The van der Waals surface area contributed by atoms with Crippen LogP contribution in [0, 0.1) is 0 Å². The number of benzene rings is 2. The highest BCUT2D eigenvalue weighted by Gasteiger charge is 2.23. The van der Waals surface area contributed by atoms with Gasteiger partial charge < -0.3 is 0 Å². The fourth-order valence-corrected chi connectivity index (χ4v) is 4.33. The molecule has 1 aliphatic rings. The zero-order chi connectivity index (χ0) is 10.6. The Labute approximate surface area is 113 Å². The summed E-state index contributed by atoms with van der Waals surface area (Å²) >= 11 is 11.0. The van der Waals surface area contributed by atoms with E-state index >= 15 is 0 Å². The summed E-state index contributed by atoms with van der Waals surface area (Å²) in [6, 6.07) is 8.68. The number of rotatable bonds is 0. The van der Waals surface area contributed by atoms with Crippen LogP contribution in [0.4, 0.5) is 0 Å². The summed E-state index contributed by atoms with van der Waals surface area (Å²) in [5, 5.41) is 2.70. The van der Waals surface area contributed by atoms with Crippen LogP contribution >= 0.6 is 47.8 Å². The van der Waals surface area contributed by atoms with Crippen molar-refractivity contribution in [2.45, 2.75) is 11.2 Å². The molecular weight excluding hydrogens is 384 g/mol. The summed E-state index contributed by atoms with van der Waals surface area (Å²) in [4.78, 5) is 0.470. The lowest BCUT2D eigenvalue weighted by molar-refractivity contribution is 1.01. The average molecular weight is 391 g/mol. The van der Waals surface area contributed by atoms with Gasteiger partial charge in [0.05, 0.1) is 0 Å². The highest BCUT2D eigenvalue weighted by Crippen LogP contribution is 2.45. The van der Waals surface area contributed by atoms with E-state index in [1.807, 2.05) is 0 Å². The van der Waals surface area contributed by atoms with Crippen molar-refractivity contribution in [2.75, 3.05) is 0 Å². The fourth-order valence-electron chi connectivity index (χ4n) is 2.25. The van der Waals surface area contributed by atoms with E-state index in [0.29, 0.717) is 4.83 Å². The topological polar surface area (TPSA) is 0 Å². The number of alkyl halides is 1. The predicted octanol–water partition coefficient (Wildman–Crippen LogP) is 5.36. The summed E-state index contributed by atoms with van der Waals surface area (Å²) in [6.07, 6.45) is 1.09. The third kappa shape index (κ3) is 1.43. The molecule has 0 spiro atoms. The molecule has 0 heterocycles. The van der Waals surface area contributed by atoms with Crippen molar-refractivity contribution in [2.24, 2.45) is 0 Å². The third-order valence-electron chi connectivity index (χ3n) is 2.91. The zero-order valence-electron chi connectivity index (χ0n) is 7.73. The van der Waals surface area contributed by atoms with Gasteiger partial charge in [0.1, 0.15) is 0 Å². The Balaban J connectivity index is 2.55.